The first-order valence-electron chi connectivity index (χ1n) is 7.07. The second-order valence-corrected chi connectivity index (χ2v) is 5.76. The van der Waals surface area contributed by atoms with Crippen LogP contribution in [0.2, 0.25) is 0 Å². The number of ether oxygens (including phenoxy) is 1. The number of hydroxylamine groups is 3. The van der Waals surface area contributed by atoms with Crippen LogP contribution < -0.4 is 0 Å². The highest BCUT2D eigenvalue weighted by Gasteiger charge is 2.31. The number of aromatic nitrogens is 1. The lowest BCUT2D eigenvalue weighted by Gasteiger charge is -2.36. The number of quaternary nitrogens is 1. The van der Waals surface area contributed by atoms with Gasteiger partial charge in [-0.25, -0.2) is 0 Å². The maximum atomic E-state index is 11.7. The molecule has 1 aromatic carbocycles. The Morgan fingerprint density at radius 3 is 2.27 bits per heavy atom. The minimum absolute atomic E-state index is 0. The summed E-state index contributed by atoms with van der Waals surface area (Å²) in [5.41, 5.74) is 1.21. The minimum Gasteiger partial charge on any atom is -0.633 e. The predicted molar refractivity (Wildman–Crippen MR) is 90.7 cm³/mol. The van der Waals surface area contributed by atoms with Crippen LogP contribution in [0.4, 0.5) is 0 Å². The van der Waals surface area contributed by atoms with Gasteiger partial charge in [-0.05, 0) is 24.6 Å². The summed E-state index contributed by atoms with van der Waals surface area (Å²) in [6, 6.07) is 15.7. The number of pyridine rings is 1. The number of hydrogen-bond acceptors (Lipinski definition) is 3. The van der Waals surface area contributed by atoms with Crippen molar-refractivity contribution in [3.8, 4) is 0 Å². The summed E-state index contributed by atoms with van der Waals surface area (Å²) < 4.78 is 5.73. The number of rotatable bonds is 6. The number of hydrogen-bond donors (Lipinski definition) is 0. The minimum atomic E-state index is -0.655. The van der Waals surface area contributed by atoms with Gasteiger partial charge in [0, 0.05) is 6.20 Å². The van der Waals surface area contributed by atoms with Gasteiger partial charge in [0.1, 0.15) is 12.1 Å². The second kappa shape index (κ2) is 7.70. The third kappa shape index (κ3) is 4.78. The zero-order valence-electron chi connectivity index (χ0n) is 13.2. The topological polar surface area (TPSA) is 45.2 Å². The Kier molecular flexibility index (Phi) is 6.50. The third-order valence-corrected chi connectivity index (χ3v) is 3.50. The van der Waals surface area contributed by atoms with E-state index in [1.165, 1.54) is 0 Å². The summed E-state index contributed by atoms with van der Waals surface area (Å²) in [6.07, 6.45) is 1.76. The molecule has 2 rings (SSSR count). The molecule has 120 valence electrons. The van der Waals surface area contributed by atoms with E-state index >= 15 is 0 Å². The highest BCUT2D eigenvalue weighted by atomic mass is 35.5. The van der Waals surface area contributed by atoms with Crippen molar-refractivity contribution in [2.45, 2.75) is 12.5 Å². The van der Waals surface area contributed by atoms with Crippen LogP contribution >= 0.6 is 12.4 Å². The van der Waals surface area contributed by atoms with E-state index in [2.05, 4.69) is 4.98 Å². The molecule has 0 fully saturated rings. The average Bonchev–Trinajstić information content (AvgIpc) is 2.47. The second-order valence-electron chi connectivity index (χ2n) is 5.76. The molecular formula is C17H23ClN2O2. The Morgan fingerprint density at radius 1 is 1.09 bits per heavy atom. The van der Waals surface area contributed by atoms with Gasteiger partial charge in [-0.15, -0.1) is 12.4 Å². The van der Waals surface area contributed by atoms with Gasteiger partial charge in [-0.3, -0.25) is 4.98 Å². The van der Waals surface area contributed by atoms with E-state index in [4.69, 9.17) is 4.74 Å². The summed E-state index contributed by atoms with van der Waals surface area (Å²) in [7, 11) is 3.23. The molecule has 0 N–H and O–H groups in total. The molecule has 0 saturated carbocycles. The number of likely N-dealkylation sites (N-methyl/N-ethyl adjacent to an activating group) is 1. The molecule has 5 heteroatoms. The highest BCUT2D eigenvalue weighted by molar-refractivity contribution is 5.85. The SMILES string of the molecule is CC(OCC[N+](C)(C)[O-])(c1ccccc1)c1ccccn1.Cl. The highest BCUT2D eigenvalue weighted by Crippen LogP contribution is 2.31. The molecule has 1 aromatic heterocycles. The fraction of sp³-hybridized carbons (Fsp3) is 0.353. The number of nitrogens with zero attached hydrogens (tertiary/aromatic N) is 2. The molecular weight excluding hydrogens is 300 g/mol. The lowest BCUT2D eigenvalue weighted by Crippen LogP contribution is -2.38. The summed E-state index contributed by atoms with van der Waals surface area (Å²) in [4.78, 5) is 4.43. The van der Waals surface area contributed by atoms with Crippen LogP contribution in [0.5, 0.6) is 0 Å². The molecule has 0 saturated heterocycles. The first kappa shape index (κ1) is 18.6. The number of benzene rings is 1. The maximum absolute atomic E-state index is 11.7. The predicted octanol–water partition coefficient (Wildman–Crippen LogP) is 3.36. The summed E-state index contributed by atoms with van der Waals surface area (Å²) >= 11 is 0. The quantitative estimate of drug-likeness (QED) is 0.605. The standard InChI is InChI=1S/C17H22N2O2.ClH/c1-17(15-9-5-4-6-10-15,16-11-7-8-12-18-16)21-14-13-19(2,3)20;/h4-12H,13-14H2,1-3H3;1H. The largest absolute Gasteiger partial charge is 0.633 e. The van der Waals surface area contributed by atoms with Crippen LogP contribution in [0.1, 0.15) is 18.2 Å². The lowest BCUT2D eigenvalue weighted by molar-refractivity contribution is -0.840. The van der Waals surface area contributed by atoms with Crippen molar-refractivity contribution >= 4 is 12.4 Å². The van der Waals surface area contributed by atoms with Crippen molar-refractivity contribution in [3.63, 3.8) is 0 Å². The van der Waals surface area contributed by atoms with Crippen LogP contribution in [0, 0.1) is 5.21 Å². The molecule has 1 unspecified atom stereocenters. The van der Waals surface area contributed by atoms with E-state index in [0.717, 1.165) is 11.3 Å². The monoisotopic (exact) mass is 322 g/mol. The van der Waals surface area contributed by atoms with Crippen molar-refractivity contribution in [1.82, 2.24) is 4.98 Å². The van der Waals surface area contributed by atoms with Gasteiger partial charge < -0.3 is 14.6 Å². The lowest BCUT2D eigenvalue weighted by atomic mass is 9.91. The molecule has 0 radical (unpaired) electrons. The van der Waals surface area contributed by atoms with Crippen LogP contribution in [-0.2, 0) is 10.3 Å². The average molecular weight is 323 g/mol. The first-order chi connectivity index (χ1) is 9.92. The Bertz CT molecular complexity index is 516. The molecule has 0 aliphatic carbocycles. The van der Waals surface area contributed by atoms with Crippen LogP contribution in [0.15, 0.2) is 54.7 Å². The van der Waals surface area contributed by atoms with E-state index < -0.39 is 5.60 Å². The van der Waals surface area contributed by atoms with Crippen LogP contribution in [-0.4, -0.2) is 36.9 Å². The molecule has 2 aromatic rings. The molecule has 0 bridgehead atoms. The fourth-order valence-electron chi connectivity index (χ4n) is 2.18. The Hall–Kier alpha value is -1.46. The molecule has 1 atom stereocenters. The van der Waals surface area contributed by atoms with E-state index in [1.807, 2.05) is 55.5 Å². The molecule has 0 aliphatic heterocycles. The Labute approximate surface area is 138 Å². The molecule has 0 amide bonds. The van der Waals surface area contributed by atoms with Crippen molar-refractivity contribution in [2.24, 2.45) is 0 Å². The maximum Gasteiger partial charge on any atom is 0.132 e. The number of halogens is 1. The molecule has 1 heterocycles. The third-order valence-electron chi connectivity index (χ3n) is 3.50. The fourth-order valence-corrected chi connectivity index (χ4v) is 2.18. The van der Waals surface area contributed by atoms with Gasteiger partial charge >= 0.3 is 0 Å². The van der Waals surface area contributed by atoms with Crippen LogP contribution in [0.25, 0.3) is 0 Å². The van der Waals surface area contributed by atoms with Gasteiger partial charge in [0.25, 0.3) is 0 Å². The van der Waals surface area contributed by atoms with Crippen LogP contribution in [0.3, 0.4) is 0 Å². The van der Waals surface area contributed by atoms with Gasteiger partial charge in [-0.2, -0.15) is 0 Å². The van der Waals surface area contributed by atoms with E-state index in [1.54, 1.807) is 20.3 Å². The Balaban J connectivity index is 0.00000242. The van der Waals surface area contributed by atoms with Crippen molar-refractivity contribution < 1.29 is 9.38 Å². The molecule has 0 aliphatic rings. The normalized spacial score (nSPS) is 14.0. The zero-order chi connectivity index (χ0) is 15.3. The van der Waals surface area contributed by atoms with Crippen molar-refractivity contribution in [2.75, 3.05) is 27.2 Å². The molecule has 22 heavy (non-hydrogen) atoms. The zero-order valence-corrected chi connectivity index (χ0v) is 14.0. The van der Waals surface area contributed by atoms with Gasteiger partial charge in [0.15, 0.2) is 0 Å². The first-order valence-corrected chi connectivity index (χ1v) is 7.07. The van der Waals surface area contributed by atoms with Crippen molar-refractivity contribution in [1.29, 1.82) is 0 Å². The van der Waals surface area contributed by atoms with E-state index in [-0.39, 0.29) is 17.1 Å². The smallest absolute Gasteiger partial charge is 0.132 e. The molecule has 0 spiro atoms. The van der Waals surface area contributed by atoms with E-state index in [9.17, 15) is 5.21 Å². The Morgan fingerprint density at radius 2 is 1.73 bits per heavy atom. The van der Waals surface area contributed by atoms with E-state index in [0.29, 0.717) is 13.2 Å². The molecule has 4 nitrogen and oxygen atoms in total. The summed E-state index contributed by atoms with van der Waals surface area (Å²) in [6.45, 7) is 2.77. The van der Waals surface area contributed by atoms with Gasteiger partial charge in [-0.1, -0.05) is 36.4 Å². The van der Waals surface area contributed by atoms with Gasteiger partial charge in [0.05, 0.1) is 26.4 Å². The summed E-state index contributed by atoms with van der Waals surface area (Å²) in [5, 5.41) is 11.7. The van der Waals surface area contributed by atoms with Gasteiger partial charge in [0.2, 0.25) is 0 Å². The summed E-state index contributed by atoms with van der Waals surface area (Å²) in [5.74, 6) is 0. The van der Waals surface area contributed by atoms with Crippen molar-refractivity contribution in [3.05, 3.63) is 71.2 Å².